The zero-order valence-electron chi connectivity index (χ0n) is 12.9. The molecule has 0 saturated heterocycles. The van der Waals surface area contributed by atoms with Gasteiger partial charge in [0.15, 0.2) is 0 Å². The van der Waals surface area contributed by atoms with Crippen LogP contribution in [0.3, 0.4) is 0 Å². The summed E-state index contributed by atoms with van der Waals surface area (Å²) in [6, 6.07) is 17.3. The second-order valence-electron chi connectivity index (χ2n) is 5.55. The van der Waals surface area contributed by atoms with Crippen LogP contribution in [0.2, 0.25) is 0 Å². The maximum absolute atomic E-state index is 2.23. The van der Waals surface area contributed by atoms with E-state index in [1.54, 1.807) is 0 Å². The molecule has 20 heavy (non-hydrogen) atoms. The van der Waals surface area contributed by atoms with Gasteiger partial charge in [-0.3, -0.25) is 0 Å². The summed E-state index contributed by atoms with van der Waals surface area (Å²) in [5, 5.41) is 0. The van der Waals surface area contributed by atoms with E-state index in [9.17, 15) is 0 Å². The molecule has 0 radical (unpaired) electrons. The molecule has 0 aromatic heterocycles. The smallest absolute Gasteiger partial charge is 0.0393 e. The van der Waals surface area contributed by atoms with Crippen molar-refractivity contribution in [1.29, 1.82) is 0 Å². The van der Waals surface area contributed by atoms with Crippen molar-refractivity contribution in [2.45, 2.75) is 12.8 Å². The van der Waals surface area contributed by atoms with Gasteiger partial charge in [0.05, 0.1) is 0 Å². The second kappa shape index (κ2) is 6.47. The van der Waals surface area contributed by atoms with Gasteiger partial charge in [0, 0.05) is 39.6 Å². The third kappa shape index (κ3) is 3.32. The van der Waals surface area contributed by atoms with Crippen molar-refractivity contribution < 1.29 is 0 Å². The first-order chi connectivity index (χ1) is 9.59. The molecule has 2 heteroatoms. The lowest BCUT2D eigenvalue weighted by Gasteiger charge is -2.19. The highest BCUT2D eigenvalue weighted by Gasteiger charge is 2.07. The van der Waals surface area contributed by atoms with E-state index in [1.165, 1.54) is 22.5 Å². The molecule has 0 aliphatic carbocycles. The lowest BCUT2D eigenvalue weighted by molar-refractivity contribution is 0.936. The minimum absolute atomic E-state index is 1.07. The van der Waals surface area contributed by atoms with Crippen molar-refractivity contribution in [1.82, 2.24) is 0 Å². The zero-order chi connectivity index (χ0) is 14.5. The Labute approximate surface area is 122 Å². The van der Waals surface area contributed by atoms with Gasteiger partial charge in [-0.05, 0) is 36.1 Å². The molecule has 0 spiro atoms. The Hall–Kier alpha value is -1.96. The van der Waals surface area contributed by atoms with Crippen molar-refractivity contribution in [3.63, 3.8) is 0 Å². The molecule has 0 heterocycles. The van der Waals surface area contributed by atoms with Crippen LogP contribution in [0.15, 0.2) is 48.5 Å². The quantitative estimate of drug-likeness (QED) is 0.817. The third-order valence-corrected chi connectivity index (χ3v) is 3.61. The average Bonchev–Trinajstić information content (AvgIpc) is 2.45. The van der Waals surface area contributed by atoms with Crippen LogP contribution in [0.4, 0.5) is 11.4 Å². The fourth-order valence-corrected chi connectivity index (χ4v) is 2.59. The molecule has 0 aliphatic heterocycles. The second-order valence-corrected chi connectivity index (χ2v) is 5.55. The highest BCUT2D eigenvalue weighted by atomic mass is 15.1. The number of anilines is 2. The van der Waals surface area contributed by atoms with E-state index in [1.807, 2.05) is 0 Å². The molecular formula is C18H24N2. The summed E-state index contributed by atoms with van der Waals surface area (Å²) in [5.74, 6) is 0. The maximum Gasteiger partial charge on any atom is 0.0393 e. The summed E-state index contributed by atoms with van der Waals surface area (Å²) in [6.45, 7) is 0. The molecule has 106 valence electrons. The topological polar surface area (TPSA) is 6.48 Å². The van der Waals surface area contributed by atoms with Crippen molar-refractivity contribution in [2.24, 2.45) is 0 Å². The monoisotopic (exact) mass is 268 g/mol. The fourth-order valence-electron chi connectivity index (χ4n) is 2.59. The van der Waals surface area contributed by atoms with Gasteiger partial charge in [0.2, 0.25) is 0 Å². The predicted molar refractivity (Wildman–Crippen MR) is 88.9 cm³/mol. The summed E-state index contributed by atoms with van der Waals surface area (Å²) in [5.41, 5.74) is 5.45. The number of aryl methyl sites for hydroxylation is 2. The van der Waals surface area contributed by atoms with Crippen molar-refractivity contribution in [2.75, 3.05) is 38.0 Å². The minimum Gasteiger partial charge on any atom is -0.377 e. The summed E-state index contributed by atoms with van der Waals surface area (Å²) < 4.78 is 0. The Balaban J connectivity index is 2.17. The first kappa shape index (κ1) is 14.4. The number of benzene rings is 2. The van der Waals surface area contributed by atoms with E-state index in [-0.39, 0.29) is 0 Å². The molecule has 2 aromatic carbocycles. The summed E-state index contributed by atoms with van der Waals surface area (Å²) in [7, 11) is 8.42. The average molecular weight is 268 g/mol. The predicted octanol–water partition coefficient (Wildman–Crippen LogP) is 3.60. The van der Waals surface area contributed by atoms with Gasteiger partial charge in [-0.25, -0.2) is 0 Å². The van der Waals surface area contributed by atoms with E-state index < -0.39 is 0 Å². The van der Waals surface area contributed by atoms with Crippen LogP contribution in [0.25, 0.3) is 0 Å². The van der Waals surface area contributed by atoms with Crippen LogP contribution in [-0.4, -0.2) is 28.2 Å². The van der Waals surface area contributed by atoms with Crippen LogP contribution in [0.5, 0.6) is 0 Å². The Morgan fingerprint density at radius 3 is 1.30 bits per heavy atom. The first-order valence-electron chi connectivity index (χ1n) is 7.10. The highest BCUT2D eigenvalue weighted by Crippen LogP contribution is 2.23. The first-order valence-corrected chi connectivity index (χ1v) is 7.10. The Bertz CT molecular complexity index is 507. The van der Waals surface area contributed by atoms with Crippen LogP contribution in [-0.2, 0) is 12.8 Å². The van der Waals surface area contributed by atoms with Crippen LogP contribution in [0.1, 0.15) is 11.1 Å². The molecule has 0 atom stereocenters. The summed E-state index contributed by atoms with van der Waals surface area (Å²) in [6.07, 6.45) is 2.14. The number of hydrogen-bond donors (Lipinski definition) is 0. The SMILES string of the molecule is CN(C)c1ccccc1CCc1ccccc1N(C)C. The summed E-state index contributed by atoms with van der Waals surface area (Å²) in [4.78, 5) is 4.38. The molecule has 0 saturated carbocycles. The number of para-hydroxylation sites is 2. The molecule has 2 aromatic rings. The van der Waals surface area contributed by atoms with E-state index in [0.29, 0.717) is 0 Å². The summed E-state index contributed by atoms with van der Waals surface area (Å²) >= 11 is 0. The fraction of sp³-hybridized carbons (Fsp3) is 0.333. The van der Waals surface area contributed by atoms with Crippen molar-refractivity contribution in [3.05, 3.63) is 59.7 Å². The largest absolute Gasteiger partial charge is 0.377 e. The van der Waals surface area contributed by atoms with E-state index in [4.69, 9.17) is 0 Å². The number of rotatable bonds is 5. The molecule has 2 rings (SSSR count). The minimum atomic E-state index is 1.07. The molecule has 0 aliphatic rings. The molecule has 0 fully saturated rings. The standard InChI is InChI=1S/C18H24N2/c1-19(2)17-11-7-5-9-15(17)13-14-16-10-6-8-12-18(16)20(3)4/h5-12H,13-14H2,1-4H3. The van der Waals surface area contributed by atoms with E-state index in [2.05, 4.69) is 86.5 Å². The van der Waals surface area contributed by atoms with Gasteiger partial charge >= 0.3 is 0 Å². The van der Waals surface area contributed by atoms with Crippen LogP contribution >= 0.6 is 0 Å². The van der Waals surface area contributed by atoms with Crippen LogP contribution < -0.4 is 9.80 Å². The lowest BCUT2D eigenvalue weighted by Crippen LogP contribution is -2.13. The number of nitrogens with zero attached hydrogens (tertiary/aromatic N) is 2. The van der Waals surface area contributed by atoms with Gasteiger partial charge < -0.3 is 9.80 Å². The van der Waals surface area contributed by atoms with E-state index in [0.717, 1.165) is 12.8 Å². The molecule has 0 unspecified atom stereocenters. The molecule has 0 N–H and O–H groups in total. The van der Waals surface area contributed by atoms with Gasteiger partial charge in [-0.15, -0.1) is 0 Å². The van der Waals surface area contributed by atoms with Gasteiger partial charge in [0.1, 0.15) is 0 Å². The maximum atomic E-state index is 2.23. The zero-order valence-corrected chi connectivity index (χ0v) is 12.9. The van der Waals surface area contributed by atoms with Gasteiger partial charge in [-0.2, -0.15) is 0 Å². The third-order valence-electron chi connectivity index (χ3n) is 3.61. The van der Waals surface area contributed by atoms with Gasteiger partial charge in [0.25, 0.3) is 0 Å². The highest BCUT2D eigenvalue weighted by molar-refractivity contribution is 5.55. The van der Waals surface area contributed by atoms with Gasteiger partial charge in [-0.1, -0.05) is 36.4 Å². The molecule has 2 nitrogen and oxygen atoms in total. The van der Waals surface area contributed by atoms with Crippen molar-refractivity contribution in [3.8, 4) is 0 Å². The Morgan fingerprint density at radius 2 is 0.950 bits per heavy atom. The van der Waals surface area contributed by atoms with Crippen LogP contribution in [0, 0.1) is 0 Å². The van der Waals surface area contributed by atoms with Crippen molar-refractivity contribution >= 4 is 11.4 Å². The lowest BCUT2D eigenvalue weighted by atomic mass is 10.0. The molecule has 0 amide bonds. The normalized spacial score (nSPS) is 10.4. The molecule has 0 bridgehead atoms. The number of hydrogen-bond acceptors (Lipinski definition) is 2. The van der Waals surface area contributed by atoms with E-state index >= 15 is 0 Å². The molecular weight excluding hydrogens is 244 g/mol. The Morgan fingerprint density at radius 1 is 0.600 bits per heavy atom. The Kier molecular flexibility index (Phi) is 4.67.